The zero-order chi connectivity index (χ0) is 15.9. The van der Waals surface area contributed by atoms with Crippen molar-refractivity contribution in [1.82, 2.24) is 10.2 Å². The molecule has 0 saturated heterocycles. The summed E-state index contributed by atoms with van der Waals surface area (Å²) >= 11 is 0. The molecule has 0 spiro atoms. The third kappa shape index (κ3) is 4.96. The number of amides is 1. The van der Waals surface area contributed by atoms with E-state index < -0.39 is 5.54 Å². The highest BCUT2D eigenvalue weighted by Crippen LogP contribution is 2.38. The fourth-order valence-corrected chi connectivity index (χ4v) is 3.59. The van der Waals surface area contributed by atoms with E-state index in [1.165, 1.54) is 6.42 Å². The minimum absolute atomic E-state index is 0.150. The van der Waals surface area contributed by atoms with Crippen molar-refractivity contribution in [2.45, 2.75) is 64.8 Å². The van der Waals surface area contributed by atoms with Crippen LogP contribution in [0.15, 0.2) is 0 Å². The van der Waals surface area contributed by atoms with Crippen LogP contribution in [0, 0.1) is 11.8 Å². The van der Waals surface area contributed by atoms with Gasteiger partial charge in [-0.3, -0.25) is 4.79 Å². The van der Waals surface area contributed by atoms with Crippen molar-refractivity contribution >= 4 is 5.91 Å². The van der Waals surface area contributed by atoms with E-state index in [4.69, 9.17) is 5.73 Å². The lowest BCUT2D eigenvalue weighted by molar-refractivity contribution is -0.126. The Morgan fingerprint density at radius 1 is 1.48 bits per heavy atom. The van der Waals surface area contributed by atoms with E-state index in [9.17, 15) is 4.79 Å². The number of nitrogens with two attached hydrogens (primary N) is 1. The molecule has 0 aliphatic heterocycles. The molecule has 0 radical (unpaired) electrons. The average molecular weight is 297 g/mol. The summed E-state index contributed by atoms with van der Waals surface area (Å²) in [5.41, 5.74) is 5.31. The van der Waals surface area contributed by atoms with Crippen molar-refractivity contribution in [1.29, 1.82) is 0 Å². The van der Waals surface area contributed by atoms with E-state index in [1.54, 1.807) is 0 Å². The second kappa shape index (κ2) is 8.74. The van der Waals surface area contributed by atoms with E-state index in [2.05, 4.69) is 38.0 Å². The largest absolute Gasteiger partial charge is 0.368 e. The van der Waals surface area contributed by atoms with Gasteiger partial charge in [-0.1, -0.05) is 33.6 Å². The summed E-state index contributed by atoms with van der Waals surface area (Å²) in [7, 11) is 2.19. The van der Waals surface area contributed by atoms with Gasteiger partial charge in [0.25, 0.3) is 0 Å². The minimum atomic E-state index is -0.451. The molecule has 0 bridgehead atoms. The summed E-state index contributed by atoms with van der Waals surface area (Å²) in [4.78, 5) is 14.5. The first-order valence-corrected chi connectivity index (χ1v) is 8.69. The molecule has 4 nitrogen and oxygen atoms in total. The van der Waals surface area contributed by atoms with E-state index in [0.717, 1.165) is 57.7 Å². The number of nitrogens with zero attached hydrogens (tertiary/aromatic N) is 1. The average Bonchev–Trinajstić information content (AvgIpc) is 2.87. The topological polar surface area (TPSA) is 58.4 Å². The first kappa shape index (κ1) is 18.4. The Morgan fingerprint density at radius 3 is 2.76 bits per heavy atom. The first-order valence-electron chi connectivity index (χ1n) is 8.69. The van der Waals surface area contributed by atoms with Gasteiger partial charge in [-0.05, 0) is 57.7 Å². The van der Waals surface area contributed by atoms with Crippen LogP contribution < -0.4 is 11.1 Å². The van der Waals surface area contributed by atoms with Gasteiger partial charge < -0.3 is 16.0 Å². The molecule has 0 aromatic carbocycles. The number of primary amides is 1. The maximum atomic E-state index is 12.1. The molecular formula is C17H35N3O. The normalized spacial score (nSPS) is 27.2. The molecule has 0 aromatic rings. The van der Waals surface area contributed by atoms with Gasteiger partial charge in [-0.15, -0.1) is 0 Å². The van der Waals surface area contributed by atoms with Crippen LogP contribution in [-0.4, -0.2) is 43.0 Å². The third-order valence-electron chi connectivity index (χ3n) is 5.13. The SMILES string of the molecule is CCCNC1(C(N)=O)CCCC1CCN(C)CC(C)CC. The van der Waals surface area contributed by atoms with Crippen LogP contribution in [0.4, 0.5) is 0 Å². The van der Waals surface area contributed by atoms with Crippen LogP contribution in [0.25, 0.3) is 0 Å². The van der Waals surface area contributed by atoms with E-state index in [-0.39, 0.29) is 5.91 Å². The molecule has 124 valence electrons. The van der Waals surface area contributed by atoms with Crippen molar-refractivity contribution in [3.8, 4) is 0 Å². The molecule has 1 amide bonds. The van der Waals surface area contributed by atoms with Gasteiger partial charge in [0.15, 0.2) is 0 Å². The standard InChI is InChI=1S/C17H35N3O/c1-5-11-19-17(16(18)21)10-7-8-15(17)9-12-20(4)13-14(3)6-2/h14-15,19H,5-13H2,1-4H3,(H2,18,21). The Morgan fingerprint density at radius 2 is 2.19 bits per heavy atom. The maximum Gasteiger partial charge on any atom is 0.238 e. The quantitative estimate of drug-likeness (QED) is 0.651. The van der Waals surface area contributed by atoms with Crippen LogP contribution in [0.5, 0.6) is 0 Å². The summed E-state index contributed by atoms with van der Waals surface area (Å²) in [6, 6.07) is 0. The van der Waals surface area contributed by atoms with Gasteiger partial charge in [0, 0.05) is 6.54 Å². The molecular weight excluding hydrogens is 262 g/mol. The number of rotatable bonds is 10. The molecule has 3 atom stereocenters. The van der Waals surface area contributed by atoms with Crippen molar-refractivity contribution in [2.75, 3.05) is 26.7 Å². The van der Waals surface area contributed by atoms with Gasteiger partial charge in [-0.2, -0.15) is 0 Å². The fourth-order valence-electron chi connectivity index (χ4n) is 3.59. The van der Waals surface area contributed by atoms with Gasteiger partial charge in [-0.25, -0.2) is 0 Å². The predicted molar refractivity (Wildman–Crippen MR) is 89.1 cm³/mol. The van der Waals surface area contributed by atoms with Crippen molar-refractivity contribution in [2.24, 2.45) is 17.6 Å². The predicted octanol–water partition coefficient (Wildman–Crippen LogP) is 2.38. The summed E-state index contributed by atoms with van der Waals surface area (Å²) < 4.78 is 0. The molecule has 0 heterocycles. The number of carbonyl (C=O) groups excluding carboxylic acids is 1. The molecule has 1 aliphatic rings. The van der Waals surface area contributed by atoms with Crippen molar-refractivity contribution < 1.29 is 4.79 Å². The number of hydrogen-bond donors (Lipinski definition) is 2. The Hall–Kier alpha value is -0.610. The molecule has 4 heteroatoms. The van der Waals surface area contributed by atoms with Crippen LogP contribution in [0.1, 0.15) is 59.3 Å². The Bertz CT molecular complexity index is 321. The molecule has 1 aliphatic carbocycles. The monoisotopic (exact) mass is 297 g/mol. The highest BCUT2D eigenvalue weighted by molar-refractivity contribution is 5.85. The molecule has 3 N–H and O–H groups in total. The van der Waals surface area contributed by atoms with Crippen LogP contribution in [0.3, 0.4) is 0 Å². The van der Waals surface area contributed by atoms with Crippen LogP contribution in [0.2, 0.25) is 0 Å². The summed E-state index contributed by atoms with van der Waals surface area (Å²) in [6.07, 6.45) is 6.46. The summed E-state index contributed by atoms with van der Waals surface area (Å²) in [6.45, 7) is 9.73. The Kier molecular flexibility index (Phi) is 7.67. The molecule has 1 fully saturated rings. The van der Waals surface area contributed by atoms with E-state index in [1.807, 2.05) is 0 Å². The van der Waals surface area contributed by atoms with Crippen LogP contribution >= 0.6 is 0 Å². The number of nitrogens with one attached hydrogen (secondary N) is 1. The number of hydrogen-bond acceptors (Lipinski definition) is 3. The maximum absolute atomic E-state index is 12.1. The van der Waals surface area contributed by atoms with E-state index >= 15 is 0 Å². The summed E-state index contributed by atoms with van der Waals surface area (Å²) in [5, 5.41) is 3.48. The third-order valence-corrected chi connectivity index (χ3v) is 5.13. The highest BCUT2D eigenvalue weighted by Gasteiger charge is 2.46. The van der Waals surface area contributed by atoms with Crippen molar-refractivity contribution in [3.05, 3.63) is 0 Å². The molecule has 1 rings (SSSR count). The lowest BCUT2D eigenvalue weighted by Crippen LogP contribution is -2.58. The molecule has 3 unspecified atom stereocenters. The Labute approximate surface area is 130 Å². The zero-order valence-electron chi connectivity index (χ0n) is 14.5. The highest BCUT2D eigenvalue weighted by atomic mass is 16.1. The zero-order valence-corrected chi connectivity index (χ0v) is 14.5. The Balaban J connectivity index is 2.56. The fraction of sp³-hybridized carbons (Fsp3) is 0.941. The van der Waals surface area contributed by atoms with Gasteiger partial charge in [0.2, 0.25) is 5.91 Å². The second-order valence-electron chi connectivity index (χ2n) is 6.92. The summed E-state index contributed by atoms with van der Waals surface area (Å²) in [5.74, 6) is 0.974. The molecule has 21 heavy (non-hydrogen) atoms. The first-order chi connectivity index (χ1) is 9.96. The smallest absolute Gasteiger partial charge is 0.238 e. The molecule has 0 aromatic heterocycles. The molecule has 1 saturated carbocycles. The second-order valence-corrected chi connectivity index (χ2v) is 6.92. The lowest BCUT2D eigenvalue weighted by Gasteiger charge is -2.35. The van der Waals surface area contributed by atoms with E-state index in [0.29, 0.717) is 5.92 Å². The van der Waals surface area contributed by atoms with Gasteiger partial charge in [0.1, 0.15) is 5.54 Å². The number of carbonyl (C=O) groups is 1. The van der Waals surface area contributed by atoms with Gasteiger partial charge >= 0.3 is 0 Å². The van der Waals surface area contributed by atoms with Crippen LogP contribution in [-0.2, 0) is 4.79 Å². The minimum Gasteiger partial charge on any atom is -0.368 e. The lowest BCUT2D eigenvalue weighted by atomic mass is 9.83. The van der Waals surface area contributed by atoms with Crippen molar-refractivity contribution in [3.63, 3.8) is 0 Å². The van der Waals surface area contributed by atoms with Gasteiger partial charge in [0.05, 0.1) is 0 Å².